The second-order valence-electron chi connectivity index (χ2n) is 4.31. The summed E-state index contributed by atoms with van der Waals surface area (Å²) >= 11 is 0. The SMILES string of the molecule is NCCCC[C@H](N)c1ccnc2ccccc12. The van der Waals surface area contributed by atoms with Gasteiger partial charge in [0.05, 0.1) is 5.52 Å². The van der Waals surface area contributed by atoms with Crippen LogP contribution in [0.3, 0.4) is 0 Å². The molecular formula is C14H19N3. The second kappa shape index (κ2) is 5.75. The van der Waals surface area contributed by atoms with E-state index in [1.54, 1.807) is 0 Å². The van der Waals surface area contributed by atoms with Gasteiger partial charge in [-0.2, -0.15) is 0 Å². The van der Waals surface area contributed by atoms with E-state index in [4.69, 9.17) is 11.5 Å². The molecule has 90 valence electrons. The van der Waals surface area contributed by atoms with Crippen LogP contribution < -0.4 is 11.5 Å². The highest BCUT2D eigenvalue weighted by Crippen LogP contribution is 2.24. The van der Waals surface area contributed by atoms with Gasteiger partial charge in [-0.3, -0.25) is 4.98 Å². The molecule has 4 N–H and O–H groups in total. The van der Waals surface area contributed by atoms with E-state index in [9.17, 15) is 0 Å². The maximum absolute atomic E-state index is 6.23. The maximum Gasteiger partial charge on any atom is 0.0705 e. The zero-order valence-electron chi connectivity index (χ0n) is 9.97. The number of nitrogens with two attached hydrogens (primary N) is 2. The average molecular weight is 229 g/mol. The van der Waals surface area contributed by atoms with E-state index >= 15 is 0 Å². The fourth-order valence-corrected chi connectivity index (χ4v) is 2.11. The molecule has 2 aromatic rings. The lowest BCUT2D eigenvalue weighted by atomic mass is 9.98. The van der Waals surface area contributed by atoms with Crippen LogP contribution in [0.4, 0.5) is 0 Å². The molecule has 0 aliphatic carbocycles. The number of rotatable bonds is 5. The number of para-hydroxylation sites is 1. The fourth-order valence-electron chi connectivity index (χ4n) is 2.11. The Hall–Kier alpha value is -1.45. The van der Waals surface area contributed by atoms with Crippen molar-refractivity contribution < 1.29 is 0 Å². The maximum atomic E-state index is 6.23. The van der Waals surface area contributed by atoms with Crippen LogP contribution in [-0.2, 0) is 0 Å². The molecule has 0 aliphatic rings. The van der Waals surface area contributed by atoms with Gasteiger partial charge < -0.3 is 11.5 Å². The van der Waals surface area contributed by atoms with Crippen molar-refractivity contribution in [1.29, 1.82) is 0 Å². The number of fused-ring (bicyclic) bond motifs is 1. The molecule has 3 nitrogen and oxygen atoms in total. The lowest BCUT2D eigenvalue weighted by Gasteiger charge is -2.14. The summed E-state index contributed by atoms with van der Waals surface area (Å²) in [5.74, 6) is 0. The molecule has 0 radical (unpaired) electrons. The quantitative estimate of drug-likeness (QED) is 0.773. The molecular weight excluding hydrogens is 210 g/mol. The van der Waals surface area contributed by atoms with Crippen LogP contribution in [0.25, 0.3) is 10.9 Å². The fraction of sp³-hybridized carbons (Fsp3) is 0.357. The highest BCUT2D eigenvalue weighted by molar-refractivity contribution is 5.82. The Labute approximate surface area is 102 Å². The predicted molar refractivity (Wildman–Crippen MR) is 71.6 cm³/mol. The zero-order valence-corrected chi connectivity index (χ0v) is 9.97. The van der Waals surface area contributed by atoms with E-state index < -0.39 is 0 Å². The summed E-state index contributed by atoms with van der Waals surface area (Å²) in [5, 5.41) is 1.16. The van der Waals surface area contributed by atoms with E-state index in [1.807, 2.05) is 30.5 Å². The molecule has 1 aromatic carbocycles. The van der Waals surface area contributed by atoms with Crippen LogP contribution in [0.15, 0.2) is 36.5 Å². The molecule has 0 aliphatic heterocycles. The Balaban J connectivity index is 2.22. The van der Waals surface area contributed by atoms with Crippen LogP contribution in [0.1, 0.15) is 30.9 Å². The lowest BCUT2D eigenvalue weighted by molar-refractivity contribution is 0.593. The smallest absolute Gasteiger partial charge is 0.0705 e. The molecule has 0 spiro atoms. The van der Waals surface area contributed by atoms with Gasteiger partial charge in [0.1, 0.15) is 0 Å². The summed E-state index contributed by atoms with van der Waals surface area (Å²) in [4.78, 5) is 4.35. The van der Waals surface area contributed by atoms with Crippen molar-refractivity contribution >= 4 is 10.9 Å². The third-order valence-electron chi connectivity index (χ3n) is 3.05. The Morgan fingerprint density at radius 2 is 1.94 bits per heavy atom. The summed E-state index contributed by atoms with van der Waals surface area (Å²) in [6.45, 7) is 0.740. The van der Waals surface area contributed by atoms with E-state index in [-0.39, 0.29) is 6.04 Å². The van der Waals surface area contributed by atoms with Crippen molar-refractivity contribution in [3.8, 4) is 0 Å². The summed E-state index contributed by atoms with van der Waals surface area (Å²) < 4.78 is 0. The summed E-state index contributed by atoms with van der Waals surface area (Å²) in [5.41, 5.74) is 13.9. The van der Waals surface area contributed by atoms with E-state index in [0.717, 1.165) is 36.7 Å². The van der Waals surface area contributed by atoms with Gasteiger partial charge >= 0.3 is 0 Å². The Bertz CT molecular complexity index is 476. The van der Waals surface area contributed by atoms with Crippen molar-refractivity contribution in [3.05, 3.63) is 42.1 Å². The molecule has 1 aromatic heterocycles. The zero-order chi connectivity index (χ0) is 12.1. The van der Waals surface area contributed by atoms with Crippen molar-refractivity contribution in [2.45, 2.75) is 25.3 Å². The Kier molecular flexibility index (Phi) is 4.07. The van der Waals surface area contributed by atoms with Gasteiger partial charge in [0.2, 0.25) is 0 Å². The third-order valence-corrected chi connectivity index (χ3v) is 3.05. The minimum absolute atomic E-state index is 0.0782. The van der Waals surface area contributed by atoms with Gasteiger partial charge in [0.15, 0.2) is 0 Å². The third kappa shape index (κ3) is 2.81. The van der Waals surface area contributed by atoms with Gasteiger partial charge in [0.25, 0.3) is 0 Å². The first-order valence-corrected chi connectivity index (χ1v) is 6.12. The number of hydrogen-bond acceptors (Lipinski definition) is 3. The predicted octanol–water partition coefficient (Wildman–Crippen LogP) is 2.36. The molecule has 0 fully saturated rings. The van der Waals surface area contributed by atoms with Crippen LogP contribution in [0, 0.1) is 0 Å². The highest BCUT2D eigenvalue weighted by Gasteiger charge is 2.09. The molecule has 1 atom stereocenters. The summed E-state index contributed by atoms with van der Waals surface area (Å²) in [6.07, 6.45) is 4.93. The Morgan fingerprint density at radius 3 is 2.76 bits per heavy atom. The molecule has 17 heavy (non-hydrogen) atoms. The van der Waals surface area contributed by atoms with Crippen LogP contribution in [0.5, 0.6) is 0 Å². The van der Waals surface area contributed by atoms with Gasteiger partial charge in [-0.25, -0.2) is 0 Å². The monoisotopic (exact) mass is 229 g/mol. The molecule has 0 saturated carbocycles. The number of benzene rings is 1. The lowest BCUT2D eigenvalue weighted by Crippen LogP contribution is -2.11. The van der Waals surface area contributed by atoms with Crippen molar-refractivity contribution in [1.82, 2.24) is 4.98 Å². The molecule has 0 unspecified atom stereocenters. The molecule has 0 bridgehead atoms. The topological polar surface area (TPSA) is 64.9 Å². The molecule has 2 rings (SSSR count). The first-order chi connectivity index (χ1) is 8.33. The van der Waals surface area contributed by atoms with E-state index in [1.165, 1.54) is 5.56 Å². The van der Waals surface area contributed by atoms with Gasteiger partial charge in [-0.1, -0.05) is 24.6 Å². The molecule has 0 amide bonds. The first kappa shape index (κ1) is 12.0. The van der Waals surface area contributed by atoms with Gasteiger partial charge in [-0.15, -0.1) is 0 Å². The number of pyridine rings is 1. The van der Waals surface area contributed by atoms with Crippen molar-refractivity contribution in [3.63, 3.8) is 0 Å². The number of aromatic nitrogens is 1. The largest absolute Gasteiger partial charge is 0.330 e. The molecule has 0 saturated heterocycles. The van der Waals surface area contributed by atoms with Crippen LogP contribution in [0.2, 0.25) is 0 Å². The van der Waals surface area contributed by atoms with Crippen molar-refractivity contribution in [2.75, 3.05) is 6.54 Å². The number of unbranched alkanes of at least 4 members (excludes halogenated alkanes) is 1. The van der Waals surface area contributed by atoms with Gasteiger partial charge in [-0.05, 0) is 37.1 Å². The van der Waals surface area contributed by atoms with Crippen molar-refractivity contribution in [2.24, 2.45) is 11.5 Å². The summed E-state index contributed by atoms with van der Waals surface area (Å²) in [7, 11) is 0. The molecule has 1 heterocycles. The average Bonchev–Trinajstić information content (AvgIpc) is 2.38. The number of nitrogens with zero attached hydrogens (tertiary/aromatic N) is 1. The standard InChI is InChI=1S/C14H19N3/c15-9-4-3-6-13(16)11-8-10-17-14-7-2-1-5-12(11)14/h1-2,5,7-8,10,13H,3-4,6,9,15-16H2/t13-/m0/s1. The summed E-state index contributed by atoms with van der Waals surface area (Å²) in [6, 6.07) is 10.2. The Morgan fingerprint density at radius 1 is 1.12 bits per heavy atom. The highest BCUT2D eigenvalue weighted by atomic mass is 14.7. The normalized spacial score (nSPS) is 12.8. The van der Waals surface area contributed by atoms with E-state index in [0.29, 0.717) is 0 Å². The second-order valence-corrected chi connectivity index (χ2v) is 4.31. The van der Waals surface area contributed by atoms with E-state index in [2.05, 4.69) is 11.1 Å². The minimum Gasteiger partial charge on any atom is -0.330 e. The van der Waals surface area contributed by atoms with Crippen LogP contribution >= 0.6 is 0 Å². The van der Waals surface area contributed by atoms with Gasteiger partial charge in [0, 0.05) is 17.6 Å². The first-order valence-electron chi connectivity index (χ1n) is 6.12. The minimum atomic E-state index is 0.0782. The number of hydrogen-bond donors (Lipinski definition) is 2. The van der Waals surface area contributed by atoms with Crippen LogP contribution in [-0.4, -0.2) is 11.5 Å². The molecule has 3 heteroatoms.